The van der Waals surface area contributed by atoms with Gasteiger partial charge in [-0.2, -0.15) is 0 Å². The van der Waals surface area contributed by atoms with Crippen LogP contribution in [-0.4, -0.2) is 15.0 Å². The van der Waals surface area contributed by atoms with Crippen molar-refractivity contribution in [2.75, 3.05) is 0 Å². The number of hydrogen-bond acceptors (Lipinski definition) is 5. The second kappa shape index (κ2) is 13.0. The van der Waals surface area contributed by atoms with E-state index in [1.165, 1.54) is 0 Å². The van der Waals surface area contributed by atoms with Gasteiger partial charge >= 0.3 is 0 Å². The number of furan rings is 2. The first kappa shape index (κ1) is 31.9. The van der Waals surface area contributed by atoms with Gasteiger partial charge < -0.3 is 8.83 Å². The molecule has 0 aliphatic heterocycles. The minimum Gasteiger partial charge on any atom is -0.456 e. The lowest BCUT2D eigenvalue weighted by Gasteiger charge is -2.11. The second-order valence-corrected chi connectivity index (χ2v) is 14.0. The number of nitrogens with zero attached hydrogens (tertiary/aromatic N) is 3. The van der Waals surface area contributed by atoms with Crippen molar-refractivity contribution in [3.8, 4) is 67.4 Å². The first-order valence-electron chi connectivity index (χ1n) is 18.7. The van der Waals surface area contributed by atoms with Gasteiger partial charge in [0.15, 0.2) is 5.82 Å². The van der Waals surface area contributed by atoms with Gasteiger partial charge in [0.1, 0.15) is 22.3 Å². The summed E-state index contributed by atoms with van der Waals surface area (Å²) in [5.41, 5.74) is 14.5. The van der Waals surface area contributed by atoms with E-state index in [1.54, 1.807) is 0 Å². The normalized spacial score (nSPS) is 11.6. The van der Waals surface area contributed by atoms with E-state index in [2.05, 4.69) is 126 Å². The summed E-state index contributed by atoms with van der Waals surface area (Å²) in [7, 11) is 0. The van der Waals surface area contributed by atoms with Crippen molar-refractivity contribution in [2.24, 2.45) is 0 Å². The third-order valence-electron chi connectivity index (χ3n) is 10.6. The van der Waals surface area contributed by atoms with E-state index in [-0.39, 0.29) is 0 Å². The summed E-state index contributed by atoms with van der Waals surface area (Å²) in [6, 6.07) is 62.5. The van der Waals surface area contributed by atoms with E-state index < -0.39 is 0 Å². The lowest BCUT2D eigenvalue weighted by Crippen LogP contribution is -1.96. The first-order valence-corrected chi connectivity index (χ1v) is 18.7. The maximum absolute atomic E-state index is 6.67. The molecule has 0 aliphatic carbocycles. The molecule has 11 aromatic rings. The summed E-state index contributed by atoms with van der Waals surface area (Å²) in [4.78, 5) is 14.6. The highest BCUT2D eigenvalue weighted by Crippen LogP contribution is 2.43. The number of rotatable bonds is 6. The van der Waals surface area contributed by atoms with Crippen LogP contribution in [0.15, 0.2) is 197 Å². The molecule has 262 valence electrons. The Morgan fingerprint density at radius 1 is 0.339 bits per heavy atom. The smallest absolute Gasteiger partial charge is 0.160 e. The fourth-order valence-electron chi connectivity index (χ4n) is 7.81. The number of aromatic nitrogens is 3. The van der Waals surface area contributed by atoms with Crippen LogP contribution in [0.25, 0.3) is 111 Å². The summed E-state index contributed by atoms with van der Waals surface area (Å²) in [6.45, 7) is 0. The van der Waals surface area contributed by atoms with E-state index in [1.807, 2.05) is 66.9 Å². The van der Waals surface area contributed by atoms with Crippen LogP contribution < -0.4 is 0 Å². The maximum Gasteiger partial charge on any atom is 0.160 e. The molecule has 0 aliphatic rings. The molecule has 4 aromatic heterocycles. The highest BCUT2D eigenvalue weighted by atomic mass is 16.3. The average Bonchev–Trinajstić information content (AvgIpc) is 3.85. The molecule has 0 fully saturated rings. The van der Waals surface area contributed by atoms with Crippen LogP contribution in [0.2, 0.25) is 0 Å². The molecule has 0 amide bonds. The number of pyridine rings is 1. The summed E-state index contributed by atoms with van der Waals surface area (Å²) < 4.78 is 12.8. The van der Waals surface area contributed by atoms with E-state index in [9.17, 15) is 0 Å². The van der Waals surface area contributed by atoms with Crippen molar-refractivity contribution < 1.29 is 8.83 Å². The summed E-state index contributed by atoms with van der Waals surface area (Å²) in [5.74, 6) is 0.680. The lowest BCUT2D eigenvalue weighted by molar-refractivity contribution is 0.668. The molecule has 56 heavy (non-hydrogen) atoms. The van der Waals surface area contributed by atoms with Crippen molar-refractivity contribution in [3.05, 3.63) is 188 Å². The quantitative estimate of drug-likeness (QED) is 0.171. The lowest BCUT2D eigenvalue weighted by atomic mass is 9.93. The van der Waals surface area contributed by atoms with E-state index >= 15 is 0 Å². The van der Waals surface area contributed by atoms with Gasteiger partial charge in [-0.15, -0.1) is 0 Å². The van der Waals surface area contributed by atoms with E-state index in [4.69, 9.17) is 18.8 Å². The van der Waals surface area contributed by atoms with Gasteiger partial charge in [-0.1, -0.05) is 133 Å². The molecule has 7 aromatic carbocycles. The molecule has 5 heteroatoms. The largest absolute Gasteiger partial charge is 0.456 e. The number of benzene rings is 7. The molecule has 0 radical (unpaired) electrons. The molecule has 0 unspecified atom stereocenters. The zero-order valence-corrected chi connectivity index (χ0v) is 30.1. The number of hydrogen-bond donors (Lipinski definition) is 0. The molecule has 0 saturated carbocycles. The monoisotopic (exact) mass is 717 g/mol. The zero-order chi connectivity index (χ0) is 37.0. The predicted molar refractivity (Wildman–Crippen MR) is 227 cm³/mol. The van der Waals surface area contributed by atoms with Crippen LogP contribution in [0.4, 0.5) is 0 Å². The highest BCUT2D eigenvalue weighted by Gasteiger charge is 2.19. The Balaban J connectivity index is 1.01. The van der Waals surface area contributed by atoms with Gasteiger partial charge in [0, 0.05) is 55.6 Å². The minimum absolute atomic E-state index is 0.680. The summed E-state index contributed by atoms with van der Waals surface area (Å²) in [6.07, 6.45) is 1.82. The molecule has 5 nitrogen and oxygen atoms in total. The first-order chi connectivity index (χ1) is 27.7. The Hall–Kier alpha value is -7.63. The van der Waals surface area contributed by atoms with Gasteiger partial charge in [-0.3, -0.25) is 4.98 Å². The third-order valence-corrected chi connectivity index (χ3v) is 10.6. The minimum atomic E-state index is 0.680. The Labute approximate surface area is 322 Å². The molecular weight excluding hydrogens is 687 g/mol. The van der Waals surface area contributed by atoms with Gasteiger partial charge in [0.05, 0.1) is 17.1 Å². The fourth-order valence-corrected chi connectivity index (χ4v) is 7.81. The van der Waals surface area contributed by atoms with Crippen molar-refractivity contribution in [1.29, 1.82) is 0 Å². The third kappa shape index (κ3) is 5.45. The molecule has 0 spiro atoms. The second-order valence-electron chi connectivity index (χ2n) is 14.0. The topological polar surface area (TPSA) is 65.0 Å². The Kier molecular flexibility index (Phi) is 7.42. The number of fused-ring (bicyclic) bond motifs is 6. The van der Waals surface area contributed by atoms with E-state index in [0.29, 0.717) is 5.82 Å². The van der Waals surface area contributed by atoms with Crippen molar-refractivity contribution in [3.63, 3.8) is 0 Å². The summed E-state index contributed by atoms with van der Waals surface area (Å²) >= 11 is 0. The Bertz CT molecular complexity index is 3220. The van der Waals surface area contributed by atoms with Gasteiger partial charge in [-0.25, -0.2) is 9.97 Å². The molecule has 0 saturated heterocycles. The molecule has 0 atom stereocenters. The van der Waals surface area contributed by atoms with Crippen LogP contribution in [0.1, 0.15) is 0 Å². The average molecular weight is 718 g/mol. The molecule has 11 rings (SSSR count). The van der Waals surface area contributed by atoms with Crippen molar-refractivity contribution >= 4 is 43.9 Å². The molecular formula is C51H31N3O2. The molecule has 4 heterocycles. The Morgan fingerprint density at radius 2 is 0.911 bits per heavy atom. The van der Waals surface area contributed by atoms with Crippen LogP contribution in [0.3, 0.4) is 0 Å². The maximum atomic E-state index is 6.67. The SMILES string of the molecule is c1ccc(-c2nc(-c3ccc(-c4ccccn4)cc3)cc(-c3ccc(-c4ccc(-c5ccc6oc7ccccc7c6c5)c5oc6ccccc6c45)cc3)n2)cc1. The van der Waals surface area contributed by atoms with Gasteiger partial charge in [0.25, 0.3) is 0 Å². The fraction of sp³-hybridized carbons (Fsp3) is 0. The van der Waals surface area contributed by atoms with E-state index in [0.717, 1.165) is 105 Å². The molecule has 0 N–H and O–H groups in total. The molecule has 0 bridgehead atoms. The summed E-state index contributed by atoms with van der Waals surface area (Å²) in [5, 5.41) is 4.37. The highest BCUT2D eigenvalue weighted by molar-refractivity contribution is 6.17. The van der Waals surface area contributed by atoms with Crippen LogP contribution in [0.5, 0.6) is 0 Å². The van der Waals surface area contributed by atoms with Crippen molar-refractivity contribution in [1.82, 2.24) is 15.0 Å². The van der Waals surface area contributed by atoms with Gasteiger partial charge in [0.2, 0.25) is 0 Å². The standard InChI is InChI=1S/C51H31N3O2/c1-2-10-36(11-3-1)51-53-44(31-45(54-51)35-23-21-33(22-24-35)43-14-8-9-29-52-43)34-19-17-32(18-20-34)38-26-27-39(50-49(38)41-13-5-7-16-47(41)56-50)37-25-28-48-42(30-37)40-12-4-6-15-46(40)55-48/h1-31H. The predicted octanol–water partition coefficient (Wildman–Crippen LogP) is 13.7. The van der Waals surface area contributed by atoms with Crippen LogP contribution in [-0.2, 0) is 0 Å². The van der Waals surface area contributed by atoms with Crippen molar-refractivity contribution in [2.45, 2.75) is 0 Å². The van der Waals surface area contributed by atoms with Crippen LogP contribution in [0, 0.1) is 0 Å². The zero-order valence-electron chi connectivity index (χ0n) is 30.1. The van der Waals surface area contributed by atoms with Gasteiger partial charge in [-0.05, 0) is 65.2 Å². The van der Waals surface area contributed by atoms with Crippen LogP contribution >= 0.6 is 0 Å². The Morgan fingerprint density at radius 3 is 1.62 bits per heavy atom. The number of para-hydroxylation sites is 2.